The number of aromatic nitrogens is 4. The van der Waals surface area contributed by atoms with Gasteiger partial charge in [-0.05, 0) is 132 Å². The number of rotatable bonds is 18. The number of halogens is 2. The molecule has 350 valence electrons. The number of hydrogen-bond donors (Lipinski definition) is 3. The van der Waals surface area contributed by atoms with Gasteiger partial charge >= 0.3 is 12.2 Å². The van der Waals surface area contributed by atoms with Crippen LogP contribution in [0.15, 0.2) is 48.5 Å². The van der Waals surface area contributed by atoms with Crippen LogP contribution in [0.2, 0.25) is 10.0 Å². The fourth-order valence-electron chi connectivity index (χ4n) is 7.64. The Morgan fingerprint density at radius 3 is 1.55 bits per heavy atom. The molecule has 6 rings (SSSR count). The fraction of sp³-hybridized carbons (Fsp3) is 0.562. The molecule has 3 N–H and O–H groups in total. The lowest BCUT2D eigenvalue weighted by atomic mass is 9.87. The molecular formula is C48H67Cl2N7O7. The van der Waals surface area contributed by atoms with Gasteiger partial charge in [-0.15, -0.1) is 0 Å². The van der Waals surface area contributed by atoms with E-state index in [0.29, 0.717) is 78.6 Å². The number of benzene rings is 2. The van der Waals surface area contributed by atoms with Gasteiger partial charge in [0.05, 0.1) is 26.3 Å². The number of aryl methyl sites for hydroxylation is 2. The number of carbonyl (C=O) groups excluding carboxylic acids is 3. The Balaban J connectivity index is 0.000000241. The van der Waals surface area contributed by atoms with Gasteiger partial charge in [-0.1, -0.05) is 57.8 Å². The van der Waals surface area contributed by atoms with Crippen molar-refractivity contribution in [1.82, 2.24) is 24.9 Å². The third-order valence-electron chi connectivity index (χ3n) is 11.2. The van der Waals surface area contributed by atoms with E-state index < -0.39 is 12.2 Å². The van der Waals surface area contributed by atoms with Crippen molar-refractivity contribution < 1.29 is 33.3 Å². The maximum Gasteiger partial charge on any atom is 0.413 e. The zero-order valence-corrected chi connectivity index (χ0v) is 40.0. The van der Waals surface area contributed by atoms with Crippen molar-refractivity contribution in [2.24, 2.45) is 23.7 Å². The Labute approximate surface area is 388 Å². The number of hydrogen-bond acceptors (Lipinski definition) is 10. The minimum absolute atomic E-state index is 0.0295. The van der Waals surface area contributed by atoms with Crippen LogP contribution in [0.1, 0.15) is 109 Å². The van der Waals surface area contributed by atoms with Crippen LogP contribution in [0.3, 0.4) is 0 Å². The highest BCUT2D eigenvalue weighted by molar-refractivity contribution is 6.31. The molecule has 0 unspecified atom stereocenters. The molecule has 2 saturated carbocycles. The quantitative estimate of drug-likeness (QED) is 0.0820. The molecule has 0 bridgehead atoms. The highest BCUT2D eigenvalue weighted by atomic mass is 35.5. The Morgan fingerprint density at radius 2 is 1.14 bits per heavy atom. The van der Waals surface area contributed by atoms with Gasteiger partial charge in [0.15, 0.2) is 11.6 Å². The van der Waals surface area contributed by atoms with E-state index in [0.717, 1.165) is 91.9 Å². The molecule has 2 amide bonds. The van der Waals surface area contributed by atoms with Crippen molar-refractivity contribution in [3.8, 4) is 11.5 Å². The summed E-state index contributed by atoms with van der Waals surface area (Å²) in [5.74, 6) is 4.06. The zero-order chi connectivity index (χ0) is 46.2. The first-order chi connectivity index (χ1) is 30.7. The summed E-state index contributed by atoms with van der Waals surface area (Å²) < 4.78 is 26.6. The van der Waals surface area contributed by atoms with Crippen LogP contribution >= 0.6 is 23.2 Å². The highest BCUT2D eigenvalue weighted by Gasteiger charge is 2.25. The van der Waals surface area contributed by atoms with Crippen molar-refractivity contribution in [3.63, 3.8) is 0 Å². The Hall–Kier alpha value is -4.79. The van der Waals surface area contributed by atoms with Gasteiger partial charge in [0, 0.05) is 50.6 Å². The first-order valence-corrected chi connectivity index (χ1v) is 23.5. The lowest BCUT2D eigenvalue weighted by Gasteiger charge is -2.28. The number of amides is 2. The van der Waals surface area contributed by atoms with E-state index in [2.05, 4.69) is 60.8 Å². The van der Waals surface area contributed by atoms with Gasteiger partial charge in [0.1, 0.15) is 30.0 Å². The summed E-state index contributed by atoms with van der Waals surface area (Å²) in [7, 11) is 0. The number of nitrogens with one attached hydrogen (secondary N) is 3. The van der Waals surface area contributed by atoms with Crippen LogP contribution in [0.25, 0.3) is 0 Å². The van der Waals surface area contributed by atoms with E-state index in [1.54, 1.807) is 10.7 Å². The zero-order valence-electron chi connectivity index (χ0n) is 38.5. The molecule has 2 fully saturated rings. The first-order valence-electron chi connectivity index (χ1n) is 22.7. The van der Waals surface area contributed by atoms with Crippen molar-refractivity contribution in [2.45, 2.75) is 125 Å². The molecular weight excluding hydrogens is 857 g/mol. The molecule has 4 aromatic rings. The van der Waals surface area contributed by atoms with E-state index in [4.69, 9.17) is 42.1 Å². The van der Waals surface area contributed by atoms with Gasteiger partial charge in [-0.2, -0.15) is 10.2 Å². The normalized spacial score (nSPS) is 18.5. The molecule has 0 aliphatic heterocycles. The molecule has 2 aromatic carbocycles. The molecule has 2 heterocycles. The molecule has 16 heteroatoms. The topological polar surface area (TPSA) is 160 Å². The number of nitrogens with zero attached hydrogens (tertiary/aromatic N) is 4. The second kappa shape index (κ2) is 25.1. The van der Waals surface area contributed by atoms with Crippen molar-refractivity contribution in [3.05, 3.63) is 81.1 Å². The second-order valence-electron chi connectivity index (χ2n) is 17.8. The number of carbonyl (C=O) groups is 3. The molecule has 2 aliphatic rings. The Bertz CT molecular complexity index is 2110. The third-order valence-corrected chi connectivity index (χ3v) is 11.7. The monoisotopic (exact) mass is 923 g/mol. The molecule has 14 nitrogen and oxygen atoms in total. The highest BCUT2D eigenvalue weighted by Crippen LogP contribution is 2.29. The van der Waals surface area contributed by atoms with Crippen molar-refractivity contribution in [1.29, 1.82) is 0 Å². The summed E-state index contributed by atoms with van der Waals surface area (Å²) in [5, 5.41) is 19.2. The third kappa shape index (κ3) is 16.3. The molecule has 0 atom stereocenters. The van der Waals surface area contributed by atoms with Crippen LogP contribution in [-0.2, 0) is 27.4 Å². The van der Waals surface area contributed by atoms with Crippen molar-refractivity contribution >= 4 is 53.3 Å². The molecule has 0 spiro atoms. The summed E-state index contributed by atoms with van der Waals surface area (Å²) in [4.78, 5) is 35.6. The number of anilines is 2. The van der Waals surface area contributed by atoms with Gasteiger partial charge in [0.2, 0.25) is 0 Å². The van der Waals surface area contributed by atoms with Gasteiger partial charge < -0.3 is 29.1 Å². The van der Waals surface area contributed by atoms with E-state index in [1.807, 2.05) is 61.0 Å². The predicted molar refractivity (Wildman–Crippen MR) is 252 cm³/mol. The fourth-order valence-corrected chi connectivity index (χ4v) is 8.03. The Kier molecular flexibility index (Phi) is 19.7. The summed E-state index contributed by atoms with van der Waals surface area (Å²) >= 11 is 12.4. The summed E-state index contributed by atoms with van der Waals surface area (Å²) in [6, 6.07) is 14.8. The lowest BCUT2D eigenvalue weighted by molar-refractivity contribution is -0.112. The van der Waals surface area contributed by atoms with Crippen LogP contribution in [0.5, 0.6) is 11.5 Å². The van der Waals surface area contributed by atoms with E-state index in [1.165, 1.54) is 0 Å². The molecule has 0 radical (unpaired) electrons. The summed E-state index contributed by atoms with van der Waals surface area (Å²) in [6.07, 6.45) is 6.74. The minimum atomic E-state index is -0.525. The maximum atomic E-state index is 12.4. The van der Waals surface area contributed by atoms with Crippen molar-refractivity contribution in [2.75, 3.05) is 36.9 Å². The number of aldehydes is 1. The van der Waals surface area contributed by atoms with Crippen LogP contribution in [0, 0.1) is 37.5 Å². The van der Waals surface area contributed by atoms with Crippen LogP contribution in [-0.4, -0.2) is 76.5 Å². The second-order valence-corrected chi connectivity index (χ2v) is 18.6. The number of ether oxygens (including phenoxy) is 4. The molecule has 64 heavy (non-hydrogen) atoms. The lowest BCUT2D eigenvalue weighted by Crippen LogP contribution is -2.31. The van der Waals surface area contributed by atoms with Gasteiger partial charge in [-0.3, -0.25) is 20.0 Å². The summed E-state index contributed by atoms with van der Waals surface area (Å²) in [5.41, 5.74) is 3.67. The minimum Gasteiger partial charge on any atom is -0.493 e. The van der Waals surface area contributed by atoms with E-state index in [-0.39, 0.29) is 18.1 Å². The van der Waals surface area contributed by atoms with E-state index >= 15 is 0 Å². The van der Waals surface area contributed by atoms with Crippen LogP contribution < -0.4 is 25.4 Å². The first kappa shape index (κ1) is 50.2. The Morgan fingerprint density at radius 1 is 0.703 bits per heavy atom. The van der Waals surface area contributed by atoms with Gasteiger partial charge in [-0.25, -0.2) is 9.59 Å². The van der Waals surface area contributed by atoms with Crippen LogP contribution in [0.4, 0.5) is 21.2 Å². The largest absolute Gasteiger partial charge is 0.493 e. The van der Waals surface area contributed by atoms with Gasteiger partial charge in [0.25, 0.3) is 0 Å². The predicted octanol–water partition coefficient (Wildman–Crippen LogP) is 10.9. The standard InChI is InChI=1S/C25H37ClN4O3.C23H30ClN3O4/c1-5-27-14-19-6-9-22(10-7-19)33-25(31)28-24-12-18(4)30(29-24)15-20-13-21(26)8-11-23(20)32-16-17(2)3;1-15(2)14-30-21-9-6-19(24)11-18(21)12-27-16(3)10-22(26-27)25-23(29)31-20-7-4-17(13-28)5-8-20/h8,11-13,17,19,22,27H,5-7,9-10,14-16H2,1-4H3,(H,28,29,31);6,9-11,13,15,17,20H,4-5,7-8,12,14H2,1-3H3,(H,25,26,29). The SMILES string of the molecule is CCNCC1CCC(OC(=O)Nc2cc(C)n(Cc3cc(Cl)ccc3OCC(C)C)n2)CC1.Cc1cc(NC(=O)OC2CCC(C=O)CC2)nn1Cc1cc(Cl)ccc1OCC(C)C. The average Bonchev–Trinajstić information content (AvgIpc) is 3.78. The molecule has 2 aliphatic carbocycles. The molecule has 2 aromatic heterocycles. The smallest absolute Gasteiger partial charge is 0.413 e. The maximum absolute atomic E-state index is 12.4. The average molecular weight is 925 g/mol. The molecule has 0 saturated heterocycles. The summed E-state index contributed by atoms with van der Waals surface area (Å²) in [6.45, 7) is 18.6. The van der Waals surface area contributed by atoms with E-state index in [9.17, 15) is 14.4 Å².